The van der Waals surface area contributed by atoms with Gasteiger partial charge in [-0.15, -0.1) is 5.10 Å². The average molecular weight is 425 g/mol. The molecule has 0 aliphatic carbocycles. The van der Waals surface area contributed by atoms with Crippen LogP contribution < -0.4 is 10.2 Å². The summed E-state index contributed by atoms with van der Waals surface area (Å²) in [6.07, 6.45) is 2.99. The molecule has 7 nitrogen and oxygen atoms in total. The highest BCUT2D eigenvalue weighted by atomic mass is 16.1. The lowest BCUT2D eigenvalue weighted by Gasteiger charge is -2.19. The van der Waals surface area contributed by atoms with Gasteiger partial charge in [-0.1, -0.05) is 54.6 Å². The Labute approximate surface area is 186 Å². The first-order valence-corrected chi connectivity index (χ1v) is 10.7. The predicted molar refractivity (Wildman–Crippen MR) is 122 cm³/mol. The third kappa shape index (κ3) is 4.51. The number of nitrogens with zero attached hydrogens (tertiary/aromatic N) is 5. The van der Waals surface area contributed by atoms with Crippen LogP contribution >= 0.6 is 0 Å². The lowest BCUT2D eigenvalue weighted by molar-refractivity contribution is -0.120. The molecule has 3 aromatic carbocycles. The Morgan fingerprint density at radius 1 is 0.906 bits per heavy atom. The molecule has 0 atom stereocenters. The molecule has 0 bridgehead atoms. The molecule has 1 aromatic heterocycles. The number of tetrazole rings is 1. The molecular weight excluding hydrogens is 400 g/mol. The number of carbonyl (C=O) groups is 1. The molecule has 0 fully saturated rings. The van der Waals surface area contributed by atoms with Crippen LogP contribution in [0.15, 0.2) is 79.1 Å². The van der Waals surface area contributed by atoms with Gasteiger partial charge in [0.2, 0.25) is 5.91 Å². The number of para-hydroxylation sites is 1. The third-order valence-electron chi connectivity index (χ3n) is 5.78. The van der Waals surface area contributed by atoms with Gasteiger partial charge in [0.05, 0.1) is 12.1 Å². The molecule has 1 aliphatic rings. The molecule has 160 valence electrons. The minimum Gasteiger partial charge on any atom is -0.367 e. The van der Waals surface area contributed by atoms with E-state index in [2.05, 4.69) is 74.3 Å². The summed E-state index contributed by atoms with van der Waals surface area (Å²) in [6, 6.07) is 24.8. The lowest BCUT2D eigenvalue weighted by Crippen LogP contribution is -2.24. The van der Waals surface area contributed by atoms with Gasteiger partial charge in [0.25, 0.3) is 0 Å². The van der Waals surface area contributed by atoms with Gasteiger partial charge in [0, 0.05) is 25.3 Å². The maximum Gasteiger partial charge on any atom is 0.224 e. The van der Waals surface area contributed by atoms with E-state index in [1.807, 2.05) is 24.3 Å². The average Bonchev–Trinajstić information content (AvgIpc) is 3.50. The Kier molecular flexibility index (Phi) is 5.61. The summed E-state index contributed by atoms with van der Waals surface area (Å²) >= 11 is 0. The minimum atomic E-state index is -0.00192. The Bertz CT molecular complexity index is 1190. The van der Waals surface area contributed by atoms with Gasteiger partial charge in [-0.05, 0) is 57.3 Å². The molecule has 7 heteroatoms. The fraction of sp³-hybridized carbons (Fsp3) is 0.200. The van der Waals surface area contributed by atoms with Crippen molar-refractivity contribution < 1.29 is 4.79 Å². The maximum absolute atomic E-state index is 12.4. The summed E-state index contributed by atoms with van der Waals surface area (Å²) < 4.78 is 1.58. The van der Waals surface area contributed by atoms with Crippen LogP contribution in [0, 0.1) is 0 Å². The zero-order chi connectivity index (χ0) is 21.8. The number of rotatable bonds is 7. The molecule has 0 spiro atoms. The van der Waals surface area contributed by atoms with E-state index in [9.17, 15) is 4.79 Å². The van der Waals surface area contributed by atoms with Crippen LogP contribution in [0.4, 0.5) is 5.69 Å². The SMILES string of the molecule is O=C(Cc1ccc(-n2cnnn2)cc1)NCc1ccc(CN2CCc3ccccc32)cc1. The van der Waals surface area contributed by atoms with Crippen molar-refractivity contribution >= 4 is 11.6 Å². The summed E-state index contributed by atoms with van der Waals surface area (Å²) in [4.78, 5) is 14.8. The number of anilines is 1. The first-order chi connectivity index (χ1) is 15.7. The zero-order valence-electron chi connectivity index (χ0n) is 17.7. The van der Waals surface area contributed by atoms with Crippen LogP contribution in [-0.2, 0) is 30.7 Å². The van der Waals surface area contributed by atoms with Crippen LogP contribution in [0.25, 0.3) is 5.69 Å². The van der Waals surface area contributed by atoms with Crippen molar-refractivity contribution in [2.24, 2.45) is 0 Å². The van der Waals surface area contributed by atoms with Gasteiger partial charge < -0.3 is 10.2 Å². The third-order valence-corrected chi connectivity index (χ3v) is 5.78. The summed E-state index contributed by atoms with van der Waals surface area (Å²) in [5.41, 5.74) is 6.95. The molecule has 4 aromatic rings. The molecule has 0 radical (unpaired) electrons. The standard InChI is InChI=1S/C25H24N6O/c32-25(15-19-9-11-23(12-10-19)31-18-27-28-29-31)26-16-20-5-7-21(8-6-20)17-30-14-13-22-3-1-2-4-24(22)30/h1-12,18H,13-17H2,(H,26,32). The van der Waals surface area contributed by atoms with Crippen molar-refractivity contribution in [2.75, 3.05) is 11.4 Å². The molecule has 1 N–H and O–H groups in total. The van der Waals surface area contributed by atoms with E-state index in [0.717, 1.165) is 36.3 Å². The zero-order valence-corrected chi connectivity index (χ0v) is 17.7. The van der Waals surface area contributed by atoms with Gasteiger partial charge in [-0.2, -0.15) is 0 Å². The van der Waals surface area contributed by atoms with Crippen LogP contribution in [0.3, 0.4) is 0 Å². The van der Waals surface area contributed by atoms with Crippen LogP contribution in [-0.4, -0.2) is 32.7 Å². The molecule has 0 saturated heterocycles. The topological polar surface area (TPSA) is 75.9 Å². The second-order valence-corrected chi connectivity index (χ2v) is 7.99. The number of fused-ring (bicyclic) bond motifs is 1. The van der Waals surface area contributed by atoms with E-state index in [-0.39, 0.29) is 5.91 Å². The minimum absolute atomic E-state index is 0.00192. The molecule has 0 saturated carbocycles. The highest BCUT2D eigenvalue weighted by molar-refractivity contribution is 5.78. The summed E-state index contributed by atoms with van der Waals surface area (Å²) in [6.45, 7) is 2.49. The molecule has 2 heterocycles. The number of nitrogens with one attached hydrogen (secondary N) is 1. The second kappa shape index (κ2) is 9.01. The van der Waals surface area contributed by atoms with Gasteiger partial charge >= 0.3 is 0 Å². The Balaban J connectivity index is 1.11. The lowest BCUT2D eigenvalue weighted by atomic mass is 10.1. The van der Waals surface area contributed by atoms with Crippen LogP contribution in [0.1, 0.15) is 22.3 Å². The second-order valence-electron chi connectivity index (χ2n) is 7.99. The van der Waals surface area contributed by atoms with E-state index < -0.39 is 0 Å². The molecule has 5 rings (SSSR count). The molecule has 32 heavy (non-hydrogen) atoms. The van der Waals surface area contributed by atoms with Crippen LogP contribution in [0.2, 0.25) is 0 Å². The Hall–Kier alpha value is -4.00. The summed E-state index contributed by atoms with van der Waals surface area (Å²) in [5, 5.41) is 14.1. The largest absolute Gasteiger partial charge is 0.367 e. The van der Waals surface area contributed by atoms with Crippen molar-refractivity contribution in [1.82, 2.24) is 25.5 Å². The fourth-order valence-corrected chi connectivity index (χ4v) is 4.05. The molecule has 1 amide bonds. The smallest absolute Gasteiger partial charge is 0.224 e. The summed E-state index contributed by atoms with van der Waals surface area (Å²) in [7, 11) is 0. The first-order valence-electron chi connectivity index (χ1n) is 10.7. The summed E-state index contributed by atoms with van der Waals surface area (Å²) in [5.74, 6) is -0.00192. The highest BCUT2D eigenvalue weighted by Crippen LogP contribution is 2.28. The number of hydrogen-bond donors (Lipinski definition) is 1. The number of amides is 1. The van der Waals surface area contributed by atoms with Gasteiger partial charge in [-0.3, -0.25) is 4.79 Å². The van der Waals surface area contributed by atoms with E-state index in [4.69, 9.17) is 0 Å². The number of aromatic nitrogens is 4. The Morgan fingerprint density at radius 3 is 2.44 bits per heavy atom. The first kappa shape index (κ1) is 19.9. The van der Waals surface area contributed by atoms with Crippen molar-refractivity contribution in [1.29, 1.82) is 0 Å². The van der Waals surface area contributed by atoms with Gasteiger partial charge in [0.1, 0.15) is 6.33 Å². The van der Waals surface area contributed by atoms with Crippen molar-refractivity contribution in [3.05, 3.63) is 101 Å². The number of carbonyl (C=O) groups excluding carboxylic acids is 1. The number of benzene rings is 3. The van der Waals surface area contributed by atoms with Crippen molar-refractivity contribution in [3.63, 3.8) is 0 Å². The van der Waals surface area contributed by atoms with Gasteiger partial charge in [0.15, 0.2) is 0 Å². The maximum atomic E-state index is 12.4. The molecule has 1 aliphatic heterocycles. The highest BCUT2D eigenvalue weighted by Gasteiger charge is 2.18. The van der Waals surface area contributed by atoms with Crippen molar-refractivity contribution in [2.45, 2.75) is 25.9 Å². The number of hydrogen-bond acceptors (Lipinski definition) is 5. The predicted octanol–water partition coefficient (Wildman–Crippen LogP) is 3.08. The molecular formula is C25H24N6O. The van der Waals surface area contributed by atoms with E-state index >= 15 is 0 Å². The monoisotopic (exact) mass is 424 g/mol. The molecule has 0 unspecified atom stereocenters. The van der Waals surface area contributed by atoms with E-state index in [1.54, 1.807) is 4.68 Å². The normalized spacial score (nSPS) is 12.6. The quantitative estimate of drug-likeness (QED) is 0.493. The fourth-order valence-electron chi connectivity index (χ4n) is 4.05. The van der Waals surface area contributed by atoms with Gasteiger partial charge in [-0.25, -0.2) is 4.68 Å². The van der Waals surface area contributed by atoms with E-state index in [1.165, 1.54) is 23.1 Å². The van der Waals surface area contributed by atoms with E-state index in [0.29, 0.717) is 13.0 Å². The van der Waals surface area contributed by atoms with Crippen molar-refractivity contribution in [3.8, 4) is 5.69 Å². The Morgan fingerprint density at radius 2 is 1.66 bits per heavy atom. The van der Waals surface area contributed by atoms with Crippen LogP contribution in [0.5, 0.6) is 0 Å².